The number of nitrogens with one attached hydrogen (secondary N) is 3. The van der Waals surface area contributed by atoms with Crippen molar-refractivity contribution in [3.05, 3.63) is 56.2 Å². The number of anilines is 2. The maximum atomic E-state index is 12.4. The fraction of sp³-hybridized carbons (Fsp3) is 0.500. The number of rotatable bonds is 4. The third-order valence-electron chi connectivity index (χ3n) is 5.54. The lowest BCUT2D eigenvalue weighted by molar-refractivity contribution is 0.325. The lowest BCUT2D eigenvalue weighted by Gasteiger charge is -2.22. The van der Waals surface area contributed by atoms with Crippen molar-refractivity contribution in [2.45, 2.75) is 39.2 Å². The average Bonchev–Trinajstić information content (AvgIpc) is 2.98. The topological polar surface area (TPSA) is 78.9 Å². The normalized spacial score (nSPS) is 20.1. The fourth-order valence-corrected chi connectivity index (χ4v) is 4.15. The minimum absolute atomic E-state index is 0.246. The van der Waals surface area contributed by atoms with Crippen molar-refractivity contribution in [1.29, 1.82) is 0 Å². The monoisotopic (exact) mass is 354 g/mol. The quantitative estimate of drug-likeness (QED) is 0.785. The molecule has 1 atom stereocenters. The SMILES string of the molecule is CC1Cc2ccc(Nc3cc(=O)n(CC4CCNCC4)c(=O)[nH]3)cc2C1. The van der Waals surface area contributed by atoms with Gasteiger partial charge in [0.2, 0.25) is 0 Å². The fourth-order valence-electron chi connectivity index (χ4n) is 4.15. The van der Waals surface area contributed by atoms with Crippen LogP contribution in [0.25, 0.3) is 0 Å². The molecule has 1 aliphatic heterocycles. The summed E-state index contributed by atoms with van der Waals surface area (Å²) in [5.41, 5.74) is 3.07. The van der Waals surface area contributed by atoms with Crippen LogP contribution in [0.15, 0.2) is 33.9 Å². The maximum absolute atomic E-state index is 12.4. The summed E-state index contributed by atoms with van der Waals surface area (Å²) < 4.78 is 1.32. The lowest BCUT2D eigenvalue weighted by Crippen LogP contribution is -2.39. The Bertz CT molecular complexity index is 878. The molecule has 26 heavy (non-hydrogen) atoms. The van der Waals surface area contributed by atoms with Crippen LogP contribution in [0.2, 0.25) is 0 Å². The summed E-state index contributed by atoms with van der Waals surface area (Å²) in [5.74, 6) is 1.51. The van der Waals surface area contributed by atoms with Crippen LogP contribution in [0.4, 0.5) is 11.5 Å². The van der Waals surface area contributed by atoms with Gasteiger partial charge in [0.15, 0.2) is 0 Å². The van der Waals surface area contributed by atoms with E-state index >= 15 is 0 Å². The molecule has 1 aromatic heterocycles. The van der Waals surface area contributed by atoms with E-state index in [9.17, 15) is 9.59 Å². The van der Waals surface area contributed by atoms with E-state index < -0.39 is 0 Å². The molecule has 0 saturated carbocycles. The predicted octanol–water partition coefficient (Wildman–Crippen LogP) is 2.01. The number of aromatic amines is 1. The van der Waals surface area contributed by atoms with Gasteiger partial charge in [-0.2, -0.15) is 0 Å². The van der Waals surface area contributed by atoms with Gasteiger partial charge in [-0.05, 0) is 73.9 Å². The second-order valence-corrected chi connectivity index (χ2v) is 7.75. The highest BCUT2D eigenvalue weighted by Gasteiger charge is 2.18. The van der Waals surface area contributed by atoms with E-state index in [1.54, 1.807) is 0 Å². The molecule has 4 rings (SSSR count). The minimum Gasteiger partial charge on any atom is -0.342 e. The van der Waals surface area contributed by atoms with Crippen LogP contribution in [-0.4, -0.2) is 22.6 Å². The summed E-state index contributed by atoms with van der Waals surface area (Å²) in [5, 5.41) is 6.49. The first-order valence-electron chi connectivity index (χ1n) is 9.52. The largest absolute Gasteiger partial charge is 0.342 e. The number of piperidine rings is 1. The Morgan fingerprint density at radius 3 is 2.65 bits per heavy atom. The molecule has 0 amide bonds. The molecule has 0 radical (unpaired) electrons. The zero-order chi connectivity index (χ0) is 18.1. The second kappa shape index (κ2) is 7.11. The first kappa shape index (κ1) is 17.1. The van der Waals surface area contributed by atoms with Crippen molar-refractivity contribution in [2.75, 3.05) is 18.4 Å². The summed E-state index contributed by atoms with van der Waals surface area (Å²) in [7, 11) is 0. The number of H-pyrrole nitrogens is 1. The smallest absolute Gasteiger partial charge is 0.329 e. The molecular formula is C20H26N4O2. The summed E-state index contributed by atoms with van der Waals surface area (Å²) in [6.45, 7) is 4.65. The third-order valence-corrected chi connectivity index (χ3v) is 5.54. The lowest BCUT2D eigenvalue weighted by atomic mass is 9.98. The molecule has 2 aliphatic rings. The molecule has 138 valence electrons. The van der Waals surface area contributed by atoms with E-state index in [1.165, 1.54) is 21.8 Å². The standard InChI is InChI=1S/C20H26N4O2/c1-13-8-15-2-3-17(10-16(15)9-13)22-18-11-19(25)24(20(26)23-18)12-14-4-6-21-7-5-14/h2-3,10-11,13-14,21-22H,4-9,12H2,1H3,(H,23,26). The highest BCUT2D eigenvalue weighted by atomic mass is 16.2. The summed E-state index contributed by atoms with van der Waals surface area (Å²) in [6.07, 6.45) is 4.21. The van der Waals surface area contributed by atoms with Gasteiger partial charge >= 0.3 is 5.69 Å². The molecule has 1 fully saturated rings. The molecule has 1 saturated heterocycles. The molecule has 3 N–H and O–H groups in total. The van der Waals surface area contributed by atoms with Crippen LogP contribution in [-0.2, 0) is 19.4 Å². The highest BCUT2D eigenvalue weighted by Crippen LogP contribution is 2.29. The molecule has 1 aliphatic carbocycles. The number of hydrogen-bond donors (Lipinski definition) is 3. The second-order valence-electron chi connectivity index (χ2n) is 7.75. The number of nitrogens with zero attached hydrogens (tertiary/aromatic N) is 1. The number of benzene rings is 1. The van der Waals surface area contributed by atoms with Crippen LogP contribution < -0.4 is 21.9 Å². The Kier molecular flexibility index (Phi) is 4.68. The number of hydrogen-bond acceptors (Lipinski definition) is 4. The van der Waals surface area contributed by atoms with Gasteiger partial charge in [0.05, 0.1) is 0 Å². The van der Waals surface area contributed by atoms with Gasteiger partial charge in [-0.3, -0.25) is 14.3 Å². The number of fused-ring (bicyclic) bond motifs is 1. The Morgan fingerprint density at radius 1 is 1.12 bits per heavy atom. The molecule has 1 aromatic carbocycles. The van der Waals surface area contributed by atoms with Gasteiger partial charge < -0.3 is 10.6 Å². The van der Waals surface area contributed by atoms with Gasteiger partial charge in [0.25, 0.3) is 5.56 Å². The van der Waals surface area contributed by atoms with Gasteiger partial charge in [-0.15, -0.1) is 0 Å². The Morgan fingerprint density at radius 2 is 1.88 bits per heavy atom. The van der Waals surface area contributed by atoms with Crippen LogP contribution >= 0.6 is 0 Å². The number of aromatic nitrogens is 2. The van der Waals surface area contributed by atoms with Crippen molar-refractivity contribution in [3.8, 4) is 0 Å². The molecule has 0 bridgehead atoms. The highest BCUT2D eigenvalue weighted by molar-refractivity contribution is 5.58. The van der Waals surface area contributed by atoms with Gasteiger partial charge in [0, 0.05) is 18.3 Å². The maximum Gasteiger partial charge on any atom is 0.329 e. The summed E-state index contributed by atoms with van der Waals surface area (Å²) in [4.78, 5) is 27.7. The van der Waals surface area contributed by atoms with Crippen LogP contribution in [0.5, 0.6) is 0 Å². The van der Waals surface area contributed by atoms with Gasteiger partial charge in [-0.1, -0.05) is 13.0 Å². The Labute approximate surface area is 152 Å². The van der Waals surface area contributed by atoms with Crippen molar-refractivity contribution in [1.82, 2.24) is 14.9 Å². The average molecular weight is 354 g/mol. The molecule has 2 heterocycles. The first-order valence-corrected chi connectivity index (χ1v) is 9.52. The van der Waals surface area contributed by atoms with Gasteiger partial charge in [-0.25, -0.2) is 4.79 Å². The molecule has 2 aromatic rings. The van der Waals surface area contributed by atoms with Crippen molar-refractivity contribution in [3.63, 3.8) is 0 Å². The third kappa shape index (κ3) is 3.60. The van der Waals surface area contributed by atoms with Crippen molar-refractivity contribution in [2.24, 2.45) is 11.8 Å². The summed E-state index contributed by atoms with van der Waals surface area (Å²) >= 11 is 0. The van der Waals surface area contributed by atoms with E-state index in [0.717, 1.165) is 44.5 Å². The van der Waals surface area contributed by atoms with E-state index in [1.807, 2.05) is 6.07 Å². The molecule has 0 spiro atoms. The molecule has 6 heteroatoms. The predicted molar refractivity (Wildman–Crippen MR) is 103 cm³/mol. The van der Waals surface area contributed by atoms with Gasteiger partial charge in [0.1, 0.15) is 5.82 Å². The molecule has 6 nitrogen and oxygen atoms in total. The minimum atomic E-state index is -0.340. The van der Waals surface area contributed by atoms with Crippen LogP contribution in [0, 0.1) is 11.8 Å². The zero-order valence-corrected chi connectivity index (χ0v) is 15.2. The van der Waals surface area contributed by atoms with E-state index in [2.05, 4.69) is 34.7 Å². The van der Waals surface area contributed by atoms with Crippen LogP contribution in [0.1, 0.15) is 30.9 Å². The first-order chi connectivity index (χ1) is 12.6. The van der Waals surface area contributed by atoms with Crippen molar-refractivity contribution >= 4 is 11.5 Å². The van der Waals surface area contributed by atoms with E-state index in [0.29, 0.717) is 24.2 Å². The Hall–Kier alpha value is -2.34. The molecular weight excluding hydrogens is 328 g/mol. The van der Waals surface area contributed by atoms with E-state index in [-0.39, 0.29) is 11.2 Å². The van der Waals surface area contributed by atoms with Crippen molar-refractivity contribution < 1.29 is 0 Å². The van der Waals surface area contributed by atoms with E-state index in [4.69, 9.17) is 0 Å². The molecule has 1 unspecified atom stereocenters. The van der Waals surface area contributed by atoms with Crippen LogP contribution in [0.3, 0.4) is 0 Å². The Balaban J connectivity index is 1.52. The zero-order valence-electron chi connectivity index (χ0n) is 15.2. The summed E-state index contributed by atoms with van der Waals surface area (Å²) in [6, 6.07) is 7.75.